The van der Waals surface area contributed by atoms with Gasteiger partial charge in [0.1, 0.15) is 0 Å². The van der Waals surface area contributed by atoms with Gasteiger partial charge in [-0.2, -0.15) is 0 Å². The number of hydrogen-bond acceptors (Lipinski definition) is 5. The maximum absolute atomic E-state index is 11.6. The van der Waals surface area contributed by atoms with Crippen molar-refractivity contribution in [2.45, 2.75) is 58.0 Å². The molecule has 2 atom stereocenters. The third kappa shape index (κ3) is 7.65. The molecule has 0 heterocycles. The molecule has 0 aromatic carbocycles. The largest absolute Gasteiger partial charge is 0.481 e. The standard InChI is InChI=1S/C14H24O7/c1-3-5-6-10(4-2)9-21-12(17)8-14(20,13(18)19)7-11(15)16/h10,20H,3-9H2,1-2H3,(H,15,16)(H,18,19). The zero-order valence-corrected chi connectivity index (χ0v) is 12.5. The smallest absolute Gasteiger partial charge is 0.336 e. The number of carboxylic acids is 2. The molecule has 0 saturated heterocycles. The number of carbonyl (C=O) groups excluding carboxylic acids is 1. The molecule has 7 heteroatoms. The first-order valence-electron chi connectivity index (χ1n) is 7.08. The Hall–Kier alpha value is -1.63. The van der Waals surface area contributed by atoms with Crippen LogP contribution in [0.2, 0.25) is 0 Å². The number of unbranched alkanes of at least 4 members (excludes halogenated alkanes) is 1. The third-order valence-corrected chi connectivity index (χ3v) is 3.30. The molecular formula is C14H24O7. The Kier molecular flexibility index (Phi) is 8.61. The first kappa shape index (κ1) is 19.4. The Morgan fingerprint density at radius 1 is 1.14 bits per heavy atom. The molecule has 0 fully saturated rings. The van der Waals surface area contributed by atoms with Gasteiger partial charge < -0.3 is 20.1 Å². The van der Waals surface area contributed by atoms with Crippen LogP contribution in [0.5, 0.6) is 0 Å². The van der Waals surface area contributed by atoms with E-state index < -0.39 is 36.4 Å². The predicted octanol–water partition coefficient (Wildman–Crippen LogP) is 1.43. The highest BCUT2D eigenvalue weighted by atomic mass is 16.5. The molecule has 0 aliphatic carbocycles. The molecule has 0 aliphatic heterocycles. The van der Waals surface area contributed by atoms with E-state index in [-0.39, 0.29) is 12.5 Å². The van der Waals surface area contributed by atoms with Gasteiger partial charge in [0.05, 0.1) is 19.4 Å². The van der Waals surface area contributed by atoms with Crippen LogP contribution < -0.4 is 0 Å². The molecule has 0 aromatic heterocycles. The highest BCUT2D eigenvalue weighted by molar-refractivity contribution is 5.88. The lowest BCUT2D eigenvalue weighted by atomic mass is 9.96. The molecule has 21 heavy (non-hydrogen) atoms. The van der Waals surface area contributed by atoms with E-state index in [4.69, 9.17) is 14.9 Å². The van der Waals surface area contributed by atoms with Gasteiger partial charge in [-0.05, 0) is 12.3 Å². The van der Waals surface area contributed by atoms with Crippen LogP contribution in [0.4, 0.5) is 0 Å². The van der Waals surface area contributed by atoms with Gasteiger partial charge in [-0.25, -0.2) is 4.79 Å². The zero-order valence-electron chi connectivity index (χ0n) is 12.5. The van der Waals surface area contributed by atoms with Gasteiger partial charge in [-0.3, -0.25) is 9.59 Å². The van der Waals surface area contributed by atoms with E-state index in [2.05, 4.69) is 6.92 Å². The fourth-order valence-corrected chi connectivity index (χ4v) is 1.86. The monoisotopic (exact) mass is 304 g/mol. The normalized spacial score (nSPS) is 15.0. The van der Waals surface area contributed by atoms with Crippen LogP contribution in [0.3, 0.4) is 0 Å². The number of esters is 1. The van der Waals surface area contributed by atoms with E-state index in [0.29, 0.717) is 0 Å². The molecular weight excluding hydrogens is 280 g/mol. The summed E-state index contributed by atoms with van der Waals surface area (Å²) in [5.74, 6) is -3.97. The number of carboxylic acid groups (broad SMARTS) is 2. The Morgan fingerprint density at radius 3 is 2.19 bits per heavy atom. The van der Waals surface area contributed by atoms with Crippen molar-refractivity contribution in [3.63, 3.8) is 0 Å². The minimum absolute atomic E-state index is 0.151. The molecule has 3 N–H and O–H groups in total. The number of ether oxygens (including phenoxy) is 1. The van der Waals surface area contributed by atoms with Crippen molar-refractivity contribution in [3.8, 4) is 0 Å². The van der Waals surface area contributed by atoms with Gasteiger partial charge in [-0.1, -0.05) is 33.1 Å². The number of carbonyl (C=O) groups is 3. The van der Waals surface area contributed by atoms with Gasteiger partial charge in [0.15, 0.2) is 5.60 Å². The number of hydrogen-bond donors (Lipinski definition) is 3. The average molecular weight is 304 g/mol. The van der Waals surface area contributed by atoms with Gasteiger partial charge in [0.2, 0.25) is 0 Å². The summed E-state index contributed by atoms with van der Waals surface area (Å²) < 4.78 is 4.96. The maximum atomic E-state index is 11.6. The van der Waals surface area contributed by atoms with Crippen LogP contribution in [-0.2, 0) is 19.1 Å². The van der Waals surface area contributed by atoms with Crippen molar-refractivity contribution in [2.75, 3.05) is 6.61 Å². The summed E-state index contributed by atoms with van der Waals surface area (Å²) in [7, 11) is 0. The Labute approximate surface area is 123 Å². The van der Waals surface area contributed by atoms with Crippen molar-refractivity contribution >= 4 is 17.9 Å². The van der Waals surface area contributed by atoms with Gasteiger partial charge in [0, 0.05) is 0 Å². The lowest BCUT2D eigenvalue weighted by Gasteiger charge is -2.21. The summed E-state index contributed by atoms with van der Waals surface area (Å²) in [5.41, 5.74) is -2.63. The second kappa shape index (κ2) is 9.33. The summed E-state index contributed by atoms with van der Waals surface area (Å²) in [5, 5.41) is 27.1. The topological polar surface area (TPSA) is 121 Å². The summed E-state index contributed by atoms with van der Waals surface area (Å²) in [6.07, 6.45) is 1.84. The van der Waals surface area contributed by atoms with Gasteiger partial charge in [-0.15, -0.1) is 0 Å². The Bertz CT molecular complexity index is 366. The summed E-state index contributed by atoms with van der Waals surface area (Å²) in [6, 6.07) is 0. The number of aliphatic hydroxyl groups is 1. The maximum Gasteiger partial charge on any atom is 0.336 e. The van der Waals surface area contributed by atoms with Crippen LogP contribution in [0.1, 0.15) is 52.4 Å². The van der Waals surface area contributed by atoms with Crippen molar-refractivity contribution in [2.24, 2.45) is 5.92 Å². The SMILES string of the molecule is CCCCC(CC)COC(=O)CC(O)(CC(=O)O)C(=O)O. The van der Waals surface area contributed by atoms with Gasteiger partial charge in [0.25, 0.3) is 0 Å². The van der Waals surface area contributed by atoms with Crippen molar-refractivity contribution in [1.82, 2.24) is 0 Å². The zero-order chi connectivity index (χ0) is 16.5. The fourth-order valence-electron chi connectivity index (χ4n) is 1.86. The summed E-state index contributed by atoms with van der Waals surface area (Å²) in [4.78, 5) is 33.1. The van der Waals surface area contributed by atoms with Crippen molar-refractivity contribution in [3.05, 3.63) is 0 Å². The molecule has 122 valence electrons. The lowest BCUT2D eigenvalue weighted by molar-refractivity contribution is -0.172. The van der Waals surface area contributed by atoms with E-state index in [1.165, 1.54) is 0 Å². The Balaban J connectivity index is 4.44. The van der Waals surface area contributed by atoms with Gasteiger partial charge >= 0.3 is 17.9 Å². The number of rotatable bonds is 11. The van der Waals surface area contributed by atoms with E-state index in [9.17, 15) is 19.5 Å². The van der Waals surface area contributed by atoms with Crippen LogP contribution in [0.15, 0.2) is 0 Å². The van der Waals surface area contributed by atoms with Crippen molar-refractivity contribution < 1.29 is 34.4 Å². The molecule has 7 nitrogen and oxygen atoms in total. The molecule has 0 rings (SSSR count). The molecule has 0 aliphatic rings. The van der Waals surface area contributed by atoms with Crippen LogP contribution in [-0.4, -0.2) is 45.4 Å². The number of aliphatic carboxylic acids is 2. The fraction of sp³-hybridized carbons (Fsp3) is 0.786. The molecule has 0 aromatic rings. The molecule has 0 radical (unpaired) electrons. The highest BCUT2D eigenvalue weighted by Crippen LogP contribution is 2.18. The van der Waals surface area contributed by atoms with E-state index in [1.807, 2.05) is 6.92 Å². The van der Waals surface area contributed by atoms with Crippen LogP contribution >= 0.6 is 0 Å². The van der Waals surface area contributed by atoms with E-state index in [1.54, 1.807) is 0 Å². The quantitative estimate of drug-likeness (QED) is 0.493. The minimum atomic E-state index is -2.63. The molecule has 0 amide bonds. The predicted molar refractivity (Wildman–Crippen MR) is 73.7 cm³/mol. The average Bonchev–Trinajstić information content (AvgIpc) is 2.37. The highest BCUT2D eigenvalue weighted by Gasteiger charge is 2.41. The van der Waals surface area contributed by atoms with E-state index in [0.717, 1.165) is 25.7 Å². The van der Waals surface area contributed by atoms with Crippen LogP contribution in [0, 0.1) is 5.92 Å². The first-order chi connectivity index (χ1) is 9.75. The lowest BCUT2D eigenvalue weighted by Crippen LogP contribution is -2.43. The van der Waals surface area contributed by atoms with E-state index >= 15 is 0 Å². The molecule has 2 unspecified atom stereocenters. The van der Waals surface area contributed by atoms with Crippen molar-refractivity contribution in [1.29, 1.82) is 0 Å². The second-order valence-corrected chi connectivity index (χ2v) is 5.18. The van der Waals surface area contributed by atoms with Crippen LogP contribution in [0.25, 0.3) is 0 Å². The minimum Gasteiger partial charge on any atom is -0.481 e. The first-order valence-corrected chi connectivity index (χ1v) is 7.08. The third-order valence-electron chi connectivity index (χ3n) is 3.30. The second-order valence-electron chi connectivity index (χ2n) is 5.18. The molecule has 0 bridgehead atoms. The summed E-state index contributed by atoms with van der Waals surface area (Å²) >= 11 is 0. The summed E-state index contributed by atoms with van der Waals surface area (Å²) in [6.45, 7) is 4.17. The molecule has 0 saturated carbocycles. The molecule has 0 spiro atoms. The Morgan fingerprint density at radius 2 is 1.76 bits per heavy atom.